The van der Waals surface area contributed by atoms with Crippen molar-refractivity contribution in [1.82, 2.24) is 10.2 Å². The van der Waals surface area contributed by atoms with Crippen LogP contribution < -0.4 is 10.1 Å². The summed E-state index contributed by atoms with van der Waals surface area (Å²) < 4.78 is 10.3. The van der Waals surface area contributed by atoms with Gasteiger partial charge in [0.15, 0.2) is 0 Å². The first kappa shape index (κ1) is 19.3. The Kier molecular flexibility index (Phi) is 7.50. The Morgan fingerprint density at radius 2 is 1.69 bits per heavy atom. The number of carbonyl (C=O) groups is 4. The van der Waals surface area contributed by atoms with Crippen molar-refractivity contribution in [3.05, 3.63) is 42.5 Å². The molecule has 3 amide bonds. The third-order valence-electron chi connectivity index (χ3n) is 3.48. The molecule has 1 heterocycles. The molecule has 1 aromatic carbocycles. The molecule has 0 bridgehead atoms. The number of hydrogen-bond donors (Lipinski definition) is 1. The van der Waals surface area contributed by atoms with Gasteiger partial charge in [0, 0.05) is 38.1 Å². The van der Waals surface area contributed by atoms with Gasteiger partial charge in [0.2, 0.25) is 5.91 Å². The molecule has 0 aromatic heterocycles. The van der Waals surface area contributed by atoms with Crippen LogP contribution in [-0.2, 0) is 23.9 Å². The second-order valence-electron chi connectivity index (χ2n) is 5.45. The Hall–Kier alpha value is -3.00. The SMILES string of the molecule is O=C(CCN1C(=O)C=CC1=O)NCOCCCC(=O)Oc1ccccc1. The quantitative estimate of drug-likeness (QED) is 0.217. The van der Waals surface area contributed by atoms with Crippen LogP contribution in [0, 0.1) is 0 Å². The minimum absolute atomic E-state index is 0.00587. The van der Waals surface area contributed by atoms with Crippen LogP contribution >= 0.6 is 0 Å². The number of para-hydroxylation sites is 1. The van der Waals surface area contributed by atoms with E-state index < -0.39 is 11.8 Å². The van der Waals surface area contributed by atoms with Gasteiger partial charge in [0.25, 0.3) is 11.8 Å². The van der Waals surface area contributed by atoms with E-state index in [4.69, 9.17) is 9.47 Å². The van der Waals surface area contributed by atoms with Crippen LogP contribution in [0.4, 0.5) is 0 Å². The summed E-state index contributed by atoms with van der Waals surface area (Å²) in [5.41, 5.74) is 0. The molecule has 1 aliphatic heterocycles. The van der Waals surface area contributed by atoms with Gasteiger partial charge in [-0.3, -0.25) is 24.1 Å². The molecule has 0 aliphatic carbocycles. The third kappa shape index (κ3) is 6.48. The lowest BCUT2D eigenvalue weighted by Gasteiger charge is -2.13. The minimum Gasteiger partial charge on any atom is -0.427 e. The molecule has 0 saturated heterocycles. The smallest absolute Gasteiger partial charge is 0.311 e. The van der Waals surface area contributed by atoms with Crippen LogP contribution in [0.1, 0.15) is 19.3 Å². The molecule has 0 fully saturated rings. The Labute approximate surface area is 150 Å². The van der Waals surface area contributed by atoms with Crippen molar-refractivity contribution in [1.29, 1.82) is 0 Å². The lowest BCUT2D eigenvalue weighted by atomic mass is 10.3. The molecule has 8 nitrogen and oxygen atoms in total. The molecular weight excluding hydrogens is 340 g/mol. The largest absolute Gasteiger partial charge is 0.427 e. The van der Waals surface area contributed by atoms with Crippen molar-refractivity contribution in [3.63, 3.8) is 0 Å². The maximum atomic E-state index is 11.6. The number of nitrogens with one attached hydrogen (secondary N) is 1. The van der Waals surface area contributed by atoms with E-state index >= 15 is 0 Å². The highest BCUT2D eigenvalue weighted by Crippen LogP contribution is 2.09. The zero-order valence-corrected chi connectivity index (χ0v) is 14.2. The third-order valence-corrected chi connectivity index (χ3v) is 3.48. The average molecular weight is 360 g/mol. The van der Waals surface area contributed by atoms with E-state index in [1.54, 1.807) is 24.3 Å². The summed E-state index contributed by atoms with van der Waals surface area (Å²) in [5.74, 6) is -1.02. The van der Waals surface area contributed by atoms with Gasteiger partial charge in [-0.15, -0.1) is 0 Å². The highest BCUT2D eigenvalue weighted by atomic mass is 16.5. The molecule has 0 unspecified atom stereocenters. The summed E-state index contributed by atoms with van der Waals surface area (Å²) >= 11 is 0. The van der Waals surface area contributed by atoms with Crippen molar-refractivity contribution in [3.8, 4) is 5.75 Å². The molecule has 1 aromatic rings. The normalized spacial score (nSPS) is 13.2. The van der Waals surface area contributed by atoms with Crippen LogP contribution in [0.15, 0.2) is 42.5 Å². The maximum Gasteiger partial charge on any atom is 0.311 e. The number of benzene rings is 1. The summed E-state index contributed by atoms with van der Waals surface area (Å²) in [7, 11) is 0. The van der Waals surface area contributed by atoms with E-state index in [0.29, 0.717) is 12.2 Å². The van der Waals surface area contributed by atoms with Gasteiger partial charge in [-0.1, -0.05) is 18.2 Å². The molecular formula is C18H20N2O6. The standard InChI is InChI=1S/C18H20N2O6/c21-15(10-11-20-16(22)8-9-17(20)23)19-13-25-12-4-7-18(24)26-14-5-2-1-3-6-14/h1-3,5-6,8-9H,4,7,10-13H2,(H,19,21). The van der Waals surface area contributed by atoms with Gasteiger partial charge in [-0.2, -0.15) is 0 Å². The van der Waals surface area contributed by atoms with E-state index in [-0.39, 0.29) is 44.6 Å². The predicted molar refractivity (Wildman–Crippen MR) is 90.7 cm³/mol. The monoisotopic (exact) mass is 360 g/mol. The van der Waals surface area contributed by atoms with E-state index in [0.717, 1.165) is 4.90 Å². The van der Waals surface area contributed by atoms with Gasteiger partial charge >= 0.3 is 5.97 Å². The van der Waals surface area contributed by atoms with E-state index in [9.17, 15) is 19.2 Å². The number of hydrogen-bond acceptors (Lipinski definition) is 6. The number of nitrogens with zero attached hydrogens (tertiary/aromatic N) is 1. The summed E-state index contributed by atoms with van der Waals surface area (Å²) in [5, 5.41) is 2.52. The minimum atomic E-state index is -0.415. The predicted octanol–water partition coefficient (Wildman–Crippen LogP) is 0.778. The van der Waals surface area contributed by atoms with Crippen molar-refractivity contribution < 1.29 is 28.7 Å². The van der Waals surface area contributed by atoms with Crippen LogP contribution in [0.25, 0.3) is 0 Å². The molecule has 1 aliphatic rings. The Morgan fingerprint density at radius 1 is 1.00 bits per heavy atom. The zero-order valence-electron chi connectivity index (χ0n) is 14.2. The van der Waals surface area contributed by atoms with Gasteiger partial charge in [0.1, 0.15) is 12.5 Å². The second-order valence-corrected chi connectivity index (χ2v) is 5.45. The van der Waals surface area contributed by atoms with Gasteiger partial charge in [-0.25, -0.2) is 0 Å². The van der Waals surface area contributed by atoms with Crippen molar-refractivity contribution in [2.45, 2.75) is 19.3 Å². The van der Waals surface area contributed by atoms with Crippen molar-refractivity contribution in [2.75, 3.05) is 19.9 Å². The second kappa shape index (κ2) is 10.1. The zero-order chi connectivity index (χ0) is 18.8. The average Bonchev–Trinajstić information content (AvgIpc) is 2.95. The van der Waals surface area contributed by atoms with Gasteiger partial charge < -0.3 is 14.8 Å². The summed E-state index contributed by atoms with van der Waals surface area (Å²) in [6.07, 6.45) is 3.02. The number of rotatable bonds is 10. The van der Waals surface area contributed by atoms with Crippen LogP contribution in [0.2, 0.25) is 0 Å². The number of esters is 1. The first-order valence-corrected chi connectivity index (χ1v) is 8.20. The van der Waals surface area contributed by atoms with Crippen LogP contribution in [0.3, 0.4) is 0 Å². The fraction of sp³-hybridized carbons (Fsp3) is 0.333. The van der Waals surface area contributed by atoms with Gasteiger partial charge in [0.05, 0.1) is 0 Å². The lowest BCUT2D eigenvalue weighted by Crippen LogP contribution is -2.35. The van der Waals surface area contributed by atoms with Crippen LogP contribution in [0.5, 0.6) is 5.75 Å². The lowest BCUT2D eigenvalue weighted by molar-refractivity contribution is -0.138. The number of imide groups is 1. The molecule has 0 atom stereocenters. The molecule has 2 rings (SSSR count). The highest BCUT2D eigenvalue weighted by molar-refractivity contribution is 6.13. The highest BCUT2D eigenvalue weighted by Gasteiger charge is 2.23. The Balaban J connectivity index is 1.48. The first-order valence-electron chi connectivity index (χ1n) is 8.20. The van der Waals surface area contributed by atoms with Crippen LogP contribution in [-0.4, -0.2) is 48.5 Å². The molecule has 138 valence electrons. The fourth-order valence-corrected chi connectivity index (χ4v) is 2.15. The molecule has 0 radical (unpaired) electrons. The van der Waals surface area contributed by atoms with E-state index in [1.165, 1.54) is 12.2 Å². The summed E-state index contributed by atoms with van der Waals surface area (Å²) in [4.78, 5) is 46.9. The van der Waals surface area contributed by atoms with Crippen molar-refractivity contribution >= 4 is 23.7 Å². The number of carbonyl (C=O) groups excluding carboxylic acids is 4. The van der Waals surface area contributed by atoms with E-state index in [2.05, 4.69) is 5.32 Å². The number of ether oxygens (including phenoxy) is 2. The molecule has 26 heavy (non-hydrogen) atoms. The molecule has 0 saturated carbocycles. The Morgan fingerprint density at radius 3 is 2.38 bits per heavy atom. The maximum absolute atomic E-state index is 11.6. The molecule has 0 spiro atoms. The summed E-state index contributed by atoms with van der Waals surface area (Å²) in [6.45, 7) is 0.311. The number of amides is 3. The van der Waals surface area contributed by atoms with Crippen molar-refractivity contribution in [2.24, 2.45) is 0 Å². The van der Waals surface area contributed by atoms with Gasteiger partial charge in [-0.05, 0) is 18.6 Å². The fourth-order valence-electron chi connectivity index (χ4n) is 2.15. The molecule has 8 heteroatoms. The topological polar surface area (TPSA) is 102 Å². The summed E-state index contributed by atoms with van der Waals surface area (Å²) in [6, 6.07) is 8.78. The first-order chi connectivity index (χ1) is 12.6. The molecule has 1 N–H and O–H groups in total. The Bertz CT molecular complexity index is 668. The van der Waals surface area contributed by atoms with E-state index in [1.807, 2.05) is 6.07 Å².